The molecule has 2 unspecified atom stereocenters. The van der Waals surface area contributed by atoms with E-state index in [-0.39, 0.29) is 6.10 Å². The molecule has 0 aromatic rings. The van der Waals surface area contributed by atoms with Crippen LogP contribution in [-0.4, -0.2) is 29.4 Å². The van der Waals surface area contributed by atoms with Gasteiger partial charge in [-0.25, -0.2) is 0 Å². The van der Waals surface area contributed by atoms with Crippen molar-refractivity contribution in [3.05, 3.63) is 0 Å². The molecular weight excluding hydrogens is 360 g/mol. The number of hydrogen-bond acceptors (Lipinski definition) is 3. The van der Waals surface area contributed by atoms with Crippen LogP contribution in [0.5, 0.6) is 0 Å². The van der Waals surface area contributed by atoms with E-state index in [0.717, 1.165) is 51.4 Å². The highest BCUT2D eigenvalue weighted by molar-refractivity contribution is 7.86. The zero-order valence-corrected chi connectivity index (χ0v) is 18.8. The van der Waals surface area contributed by atoms with Crippen molar-refractivity contribution in [2.45, 2.75) is 141 Å². The fraction of sp³-hybridized carbons (Fsp3) is 1.00. The molecule has 0 saturated heterocycles. The highest BCUT2D eigenvalue weighted by Crippen LogP contribution is 2.19. The summed E-state index contributed by atoms with van der Waals surface area (Å²) in [5, 5.41) is 8.64. The van der Waals surface area contributed by atoms with E-state index in [0.29, 0.717) is 12.8 Å². The first-order valence-corrected chi connectivity index (χ1v) is 13.0. The minimum atomic E-state index is -3.92. The molecule has 5 heteroatoms. The van der Waals surface area contributed by atoms with Crippen molar-refractivity contribution >= 4 is 10.1 Å². The molecule has 2 atom stereocenters. The zero-order chi connectivity index (χ0) is 20.4. The SMILES string of the molecule is CCCCCCCCCCCCC(CCCCCCCC(C)O)S(=O)(=O)O. The van der Waals surface area contributed by atoms with E-state index in [9.17, 15) is 18.1 Å². The Morgan fingerprint density at radius 2 is 0.963 bits per heavy atom. The molecule has 0 saturated carbocycles. The summed E-state index contributed by atoms with van der Waals surface area (Å²) in [5.41, 5.74) is 0. The summed E-state index contributed by atoms with van der Waals surface area (Å²) >= 11 is 0. The van der Waals surface area contributed by atoms with Crippen molar-refractivity contribution in [3.8, 4) is 0 Å². The normalized spacial score (nSPS) is 14.4. The van der Waals surface area contributed by atoms with Crippen molar-refractivity contribution in [1.82, 2.24) is 0 Å². The Labute approximate surface area is 169 Å². The van der Waals surface area contributed by atoms with Crippen molar-refractivity contribution in [1.29, 1.82) is 0 Å². The van der Waals surface area contributed by atoms with E-state index in [4.69, 9.17) is 0 Å². The average molecular weight is 407 g/mol. The molecule has 0 amide bonds. The Balaban J connectivity index is 3.69. The first-order chi connectivity index (χ1) is 12.9. The lowest BCUT2D eigenvalue weighted by Gasteiger charge is -2.14. The highest BCUT2D eigenvalue weighted by Gasteiger charge is 2.21. The largest absolute Gasteiger partial charge is 0.393 e. The third-order valence-electron chi connectivity index (χ3n) is 5.45. The molecule has 164 valence electrons. The number of aliphatic hydroxyl groups excluding tert-OH is 1. The molecule has 2 N–H and O–H groups in total. The summed E-state index contributed by atoms with van der Waals surface area (Å²) in [5.74, 6) is 0. The van der Waals surface area contributed by atoms with E-state index < -0.39 is 15.4 Å². The second-order valence-electron chi connectivity index (χ2n) is 8.30. The standard InChI is InChI=1S/C22H46O4S/c1-3-4-5-6-7-8-9-10-13-16-19-22(27(24,25)26)20-17-14-11-12-15-18-21(2)23/h21-23H,3-20H2,1-2H3,(H,24,25,26). The molecule has 0 aromatic carbocycles. The maximum atomic E-state index is 11.6. The molecule has 0 heterocycles. The van der Waals surface area contributed by atoms with Crippen LogP contribution < -0.4 is 0 Å². The van der Waals surface area contributed by atoms with E-state index in [1.807, 2.05) is 6.92 Å². The lowest BCUT2D eigenvalue weighted by atomic mass is 10.0. The van der Waals surface area contributed by atoms with Gasteiger partial charge in [0.1, 0.15) is 0 Å². The number of aliphatic hydroxyl groups is 1. The summed E-state index contributed by atoms with van der Waals surface area (Å²) in [6.07, 6.45) is 19.2. The Morgan fingerprint density at radius 3 is 1.30 bits per heavy atom. The van der Waals surface area contributed by atoms with Gasteiger partial charge >= 0.3 is 0 Å². The van der Waals surface area contributed by atoms with Gasteiger partial charge in [-0.15, -0.1) is 0 Å². The lowest BCUT2D eigenvalue weighted by Crippen LogP contribution is -2.20. The fourth-order valence-electron chi connectivity index (χ4n) is 3.64. The van der Waals surface area contributed by atoms with Crippen molar-refractivity contribution < 1.29 is 18.1 Å². The molecule has 27 heavy (non-hydrogen) atoms. The Bertz CT molecular complexity index is 407. The van der Waals surface area contributed by atoms with Gasteiger partial charge in [0.2, 0.25) is 0 Å². The smallest absolute Gasteiger partial charge is 0.267 e. The molecule has 4 nitrogen and oxygen atoms in total. The number of rotatable bonds is 20. The fourth-order valence-corrected chi connectivity index (χ4v) is 4.57. The molecule has 0 rings (SSSR count). The van der Waals surface area contributed by atoms with Crippen LogP contribution in [0.3, 0.4) is 0 Å². The second kappa shape index (κ2) is 17.9. The van der Waals surface area contributed by atoms with E-state index in [1.54, 1.807) is 0 Å². The predicted octanol–water partition coefficient (Wildman–Crippen LogP) is 6.67. The van der Waals surface area contributed by atoms with Crippen LogP contribution in [-0.2, 0) is 10.1 Å². The van der Waals surface area contributed by atoms with Gasteiger partial charge in [-0.1, -0.05) is 103 Å². The van der Waals surface area contributed by atoms with Gasteiger partial charge in [0.05, 0.1) is 11.4 Å². The first kappa shape index (κ1) is 26.9. The molecule has 0 aliphatic heterocycles. The summed E-state index contributed by atoms with van der Waals surface area (Å²) in [7, 11) is -3.92. The summed E-state index contributed by atoms with van der Waals surface area (Å²) in [4.78, 5) is 0. The van der Waals surface area contributed by atoms with Crippen LogP contribution in [0.25, 0.3) is 0 Å². The third-order valence-corrected chi connectivity index (χ3v) is 6.76. The molecule has 0 aliphatic rings. The summed E-state index contributed by atoms with van der Waals surface area (Å²) < 4.78 is 32.7. The highest BCUT2D eigenvalue weighted by atomic mass is 32.2. The summed E-state index contributed by atoms with van der Waals surface area (Å²) in [6, 6.07) is 0. The predicted molar refractivity (Wildman–Crippen MR) is 116 cm³/mol. The van der Waals surface area contributed by atoms with E-state index in [2.05, 4.69) is 6.92 Å². The van der Waals surface area contributed by atoms with Gasteiger partial charge in [-0.2, -0.15) is 8.42 Å². The molecule has 0 aliphatic carbocycles. The molecule has 0 radical (unpaired) electrons. The van der Waals surface area contributed by atoms with Gasteiger partial charge in [0.25, 0.3) is 10.1 Å². The topological polar surface area (TPSA) is 74.6 Å². The van der Waals surface area contributed by atoms with Gasteiger partial charge in [-0.3, -0.25) is 4.55 Å². The number of hydrogen-bond donors (Lipinski definition) is 2. The summed E-state index contributed by atoms with van der Waals surface area (Å²) in [6.45, 7) is 4.05. The Morgan fingerprint density at radius 1 is 0.630 bits per heavy atom. The van der Waals surface area contributed by atoms with Crippen LogP contribution in [0.1, 0.15) is 129 Å². The zero-order valence-electron chi connectivity index (χ0n) is 18.0. The molecular formula is C22H46O4S. The first-order valence-electron chi connectivity index (χ1n) is 11.5. The van der Waals surface area contributed by atoms with Crippen LogP contribution in [0.2, 0.25) is 0 Å². The lowest BCUT2D eigenvalue weighted by molar-refractivity contribution is 0.180. The quantitative estimate of drug-likeness (QED) is 0.175. The van der Waals surface area contributed by atoms with E-state index in [1.165, 1.54) is 51.4 Å². The second-order valence-corrected chi connectivity index (χ2v) is 10.00. The number of unbranched alkanes of at least 4 members (excludes halogenated alkanes) is 13. The van der Waals surface area contributed by atoms with Crippen molar-refractivity contribution in [2.75, 3.05) is 0 Å². The minimum Gasteiger partial charge on any atom is -0.393 e. The molecule has 0 bridgehead atoms. The molecule has 0 fully saturated rings. The minimum absolute atomic E-state index is 0.227. The molecule has 0 spiro atoms. The molecule has 0 aromatic heterocycles. The van der Waals surface area contributed by atoms with Crippen LogP contribution in [0.15, 0.2) is 0 Å². The van der Waals surface area contributed by atoms with Crippen molar-refractivity contribution in [3.63, 3.8) is 0 Å². The van der Waals surface area contributed by atoms with Gasteiger partial charge in [0.15, 0.2) is 0 Å². The van der Waals surface area contributed by atoms with Crippen LogP contribution >= 0.6 is 0 Å². The van der Waals surface area contributed by atoms with E-state index >= 15 is 0 Å². The van der Waals surface area contributed by atoms with Gasteiger partial charge < -0.3 is 5.11 Å². The Kier molecular flexibility index (Phi) is 17.8. The Hall–Kier alpha value is -0.130. The van der Waals surface area contributed by atoms with Gasteiger partial charge in [0, 0.05) is 0 Å². The maximum Gasteiger partial charge on any atom is 0.267 e. The third kappa shape index (κ3) is 19.0. The van der Waals surface area contributed by atoms with Crippen LogP contribution in [0.4, 0.5) is 0 Å². The van der Waals surface area contributed by atoms with Crippen LogP contribution in [0, 0.1) is 0 Å². The monoisotopic (exact) mass is 406 g/mol. The maximum absolute atomic E-state index is 11.6. The van der Waals surface area contributed by atoms with Crippen molar-refractivity contribution in [2.24, 2.45) is 0 Å². The van der Waals surface area contributed by atoms with Gasteiger partial charge in [-0.05, 0) is 26.2 Å². The average Bonchev–Trinajstić information content (AvgIpc) is 2.59.